The molecule has 0 spiro atoms. The van der Waals surface area contributed by atoms with E-state index in [4.69, 9.17) is 26.4 Å². The van der Waals surface area contributed by atoms with Crippen LogP contribution in [0.15, 0.2) is 109 Å². The number of benzene rings is 5. The molecule has 124 heavy (non-hydrogen) atoms. The highest BCUT2D eigenvalue weighted by Crippen LogP contribution is 2.54. The van der Waals surface area contributed by atoms with E-state index < -0.39 is 175 Å². The zero-order valence-corrected chi connectivity index (χ0v) is 71.6. The summed E-state index contributed by atoms with van der Waals surface area (Å²) in [5.41, 5.74) is 15.9. The van der Waals surface area contributed by atoms with Crippen molar-refractivity contribution in [2.45, 2.75) is 172 Å². The Balaban J connectivity index is 0.706. The number of ether oxygens (including phenoxy) is 2. The standard InChI is InChI=1S/C85H108N20O17S2/c1-45(2)71-82(119)99-53(37-47-19-10-8-11-20-47)76(113)95-42-65(111)97-55(77(114)94-41-60(86)106)43-123-124-44-56(80(117)102-72(46(3)4)83(120)100-54(38-48-21-12-9-13-22-48)79(116)98-52(78(115)101-71)25-18-33-92-84(87)88)96-64(110)32-36-91-63(109)31-35-90-62(108)30-34-89-61(107)28-29-66(112)103(6)59-39-67-104-57-26-16-14-23-49(57)69-70-51(40-93-81(70)118)68-50-24-15-17-27-58(50)105(74(68)73(69)104)85(5,122-67)75(59)121-7/h8-17,19-24,26-27,45-46,52-56,59,67,71-72,75H,18,25,28-44H2,1-7H3,(H2,86,106)(H,89,107)(H,90,108)(H,91,109)(H,93,118)(H,94,114)(H,95,113)(H,96,110)(H,97,111)(H,98,116)(H,99,119)(H,100,120)(H,101,115)(H,102,117)(H4,87,88,92)/t52-,53-,54-,55-,56-,59+,67+,71-,72-,75+,85-/m0/s1. The number of nitrogens with zero attached hydrogens (tertiary/aromatic N) is 3. The number of amides is 15. The lowest BCUT2D eigenvalue weighted by Gasteiger charge is -2.50. The molecule has 0 radical (unpaired) electrons. The Morgan fingerprint density at radius 3 is 1.70 bits per heavy atom. The molecule has 0 saturated carbocycles. The van der Waals surface area contributed by atoms with Crippen LogP contribution in [0, 0.1) is 17.2 Å². The molecule has 11 rings (SSSR count). The van der Waals surface area contributed by atoms with E-state index in [0.717, 1.165) is 70.8 Å². The van der Waals surface area contributed by atoms with Gasteiger partial charge in [-0.3, -0.25) is 77.3 Å². The van der Waals surface area contributed by atoms with Crippen molar-refractivity contribution in [3.63, 3.8) is 0 Å². The molecule has 5 aromatic carbocycles. The quantitative estimate of drug-likeness (QED) is 0.0137. The van der Waals surface area contributed by atoms with Gasteiger partial charge in [0.1, 0.15) is 54.6 Å². The van der Waals surface area contributed by atoms with Gasteiger partial charge in [-0.25, -0.2) is 0 Å². The number of guanidine groups is 1. The minimum atomic E-state index is -1.47. The van der Waals surface area contributed by atoms with Crippen LogP contribution >= 0.6 is 21.6 Å². The van der Waals surface area contributed by atoms with Crippen LogP contribution in [0.25, 0.3) is 43.6 Å². The van der Waals surface area contributed by atoms with Gasteiger partial charge in [-0.15, -0.1) is 0 Å². The number of primary amides is 1. The molecule has 19 N–H and O–H groups in total. The van der Waals surface area contributed by atoms with Crippen molar-refractivity contribution < 1.29 is 81.4 Å². The van der Waals surface area contributed by atoms with Gasteiger partial charge in [0.05, 0.1) is 46.8 Å². The van der Waals surface area contributed by atoms with E-state index in [1.54, 1.807) is 107 Å². The van der Waals surface area contributed by atoms with Gasteiger partial charge in [-0.2, -0.15) is 0 Å². The van der Waals surface area contributed by atoms with Crippen LogP contribution < -0.4 is 85.9 Å². The summed E-state index contributed by atoms with van der Waals surface area (Å²) in [6.07, 6.45) is -2.43. The Kier molecular flexibility index (Phi) is 31.4. The van der Waals surface area contributed by atoms with Crippen LogP contribution in [0.5, 0.6) is 0 Å². The van der Waals surface area contributed by atoms with E-state index in [1.165, 1.54) is 0 Å². The van der Waals surface area contributed by atoms with Crippen LogP contribution in [-0.4, -0.2) is 228 Å². The van der Waals surface area contributed by atoms with Gasteiger partial charge in [-0.1, -0.05) is 146 Å². The minimum Gasteiger partial charge on any atom is -0.374 e. The Hall–Kier alpha value is -12.4. The molecule has 37 nitrogen and oxygen atoms in total. The second-order valence-electron chi connectivity index (χ2n) is 31.8. The first-order chi connectivity index (χ1) is 59.3. The summed E-state index contributed by atoms with van der Waals surface area (Å²) < 4.78 is 18.0. The van der Waals surface area contributed by atoms with Crippen molar-refractivity contribution >= 4 is 160 Å². The van der Waals surface area contributed by atoms with E-state index in [9.17, 15) is 71.9 Å². The van der Waals surface area contributed by atoms with Gasteiger partial charge < -0.3 is 109 Å². The summed E-state index contributed by atoms with van der Waals surface area (Å²) in [6.45, 7) is 7.05. The lowest BCUT2D eigenvalue weighted by Crippen LogP contribution is -2.61. The third-order valence-electron chi connectivity index (χ3n) is 22.3. The van der Waals surface area contributed by atoms with Crippen LogP contribution in [0.3, 0.4) is 0 Å². The third-order valence-corrected chi connectivity index (χ3v) is 24.8. The normalized spacial score (nSPS) is 22.4. The molecule has 6 heterocycles. The average Bonchev–Trinajstić information content (AvgIpc) is 1.50. The van der Waals surface area contributed by atoms with Crippen molar-refractivity contribution in [1.29, 1.82) is 5.41 Å². The molecule has 11 atom stereocenters. The van der Waals surface area contributed by atoms with Crippen molar-refractivity contribution in [3.05, 3.63) is 131 Å². The zero-order valence-electron chi connectivity index (χ0n) is 70.0. The predicted molar refractivity (Wildman–Crippen MR) is 464 cm³/mol. The largest absolute Gasteiger partial charge is 0.374 e. The van der Waals surface area contributed by atoms with E-state index in [1.807, 2.05) is 55.5 Å². The molecule has 2 bridgehead atoms. The topological polar surface area (TPSA) is 532 Å². The second kappa shape index (κ2) is 42.1. The Morgan fingerprint density at radius 1 is 0.581 bits per heavy atom. The summed E-state index contributed by atoms with van der Waals surface area (Å²) in [4.78, 5) is 210. The first-order valence-electron chi connectivity index (χ1n) is 41.3. The Morgan fingerprint density at radius 2 is 1.11 bits per heavy atom. The van der Waals surface area contributed by atoms with Gasteiger partial charge in [0.25, 0.3) is 5.91 Å². The van der Waals surface area contributed by atoms with Gasteiger partial charge in [0.2, 0.25) is 82.7 Å². The van der Waals surface area contributed by atoms with E-state index >= 15 is 0 Å². The van der Waals surface area contributed by atoms with E-state index in [2.05, 4.69) is 83.6 Å². The van der Waals surface area contributed by atoms with E-state index in [0.29, 0.717) is 29.7 Å². The van der Waals surface area contributed by atoms with E-state index in [-0.39, 0.29) is 107 Å². The fourth-order valence-electron chi connectivity index (χ4n) is 16.2. The summed E-state index contributed by atoms with van der Waals surface area (Å²) in [6, 6.07) is 22.6. The number of carbonyl (C=O) groups excluding carboxylic acids is 15. The Bertz CT molecular complexity index is 5220. The first-order valence-corrected chi connectivity index (χ1v) is 43.7. The molecule has 7 aromatic rings. The number of methoxy groups -OCH3 is 1. The first kappa shape index (κ1) is 92.4. The SMILES string of the molecule is CO[C@@H]1[C@H](N(C)C(=O)CCC(=O)NCCC(=O)NCCC(=O)NCCC(=O)N[C@H]2CSSC[C@@H](C(=O)NCC(N)=O)NC(=O)CNC(=O)[C@H](Cc3ccccc3)NC(=O)[C@H](C(C)C)NC(=O)[C@H](CCCNC(=N)N)NC(=O)[C@H](Cc3ccccc3)NC(=O)[C@H](C(C)C)NC2=O)C[C@H]2O[C@]1(C)n1c3ccccc3c3c4c(c5c6ccccc6n2c5c31)C(=O)NC4. The summed E-state index contributed by atoms with van der Waals surface area (Å²) in [7, 11) is 5.17. The molecule has 4 aliphatic rings. The van der Waals surface area contributed by atoms with Crippen molar-refractivity contribution in [2.24, 2.45) is 23.3 Å². The maximum absolute atomic E-state index is 14.8. The fraction of sp³-hybridized carbons (Fsp3) is 0.459. The summed E-state index contributed by atoms with van der Waals surface area (Å²) in [5.74, 6) is -12.8. The number of rotatable bonds is 28. The highest BCUT2D eigenvalue weighted by molar-refractivity contribution is 8.76. The number of aromatic nitrogens is 2. The molecule has 2 fully saturated rings. The number of nitrogens with two attached hydrogens (primary N) is 2. The van der Waals surface area contributed by atoms with Gasteiger partial charge in [-0.05, 0) is 60.4 Å². The smallest absolute Gasteiger partial charge is 0.252 e. The van der Waals surface area contributed by atoms with Gasteiger partial charge >= 0.3 is 0 Å². The number of hydrogen-bond donors (Lipinski definition) is 17. The molecular weight excluding hydrogens is 1640 g/mol. The third kappa shape index (κ3) is 22.3. The van der Waals surface area contributed by atoms with Crippen LogP contribution in [-0.2, 0) is 102 Å². The zero-order chi connectivity index (χ0) is 89.2. The number of fused-ring (bicyclic) bond motifs is 13. The number of nitrogens with one attached hydrogen (secondary N) is 15. The second-order valence-corrected chi connectivity index (χ2v) is 34.4. The maximum Gasteiger partial charge on any atom is 0.252 e. The molecular formula is C85H108N20O17S2. The highest BCUT2D eigenvalue weighted by Gasteiger charge is 2.55. The van der Waals surface area contributed by atoms with Gasteiger partial charge in [0, 0.05) is 131 Å². The average molecular weight is 1750 g/mol. The number of carbonyl (C=O) groups is 15. The van der Waals surface area contributed by atoms with Crippen LogP contribution in [0.4, 0.5) is 0 Å². The van der Waals surface area contributed by atoms with Gasteiger partial charge in [0.15, 0.2) is 11.7 Å². The van der Waals surface area contributed by atoms with Crippen molar-refractivity contribution in [3.8, 4) is 0 Å². The van der Waals surface area contributed by atoms with Crippen LogP contribution in [0.2, 0.25) is 0 Å². The number of likely N-dealkylation sites (N-methyl/N-ethyl adjacent to an activating group) is 1. The van der Waals surface area contributed by atoms with Crippen LogP contribution in [0.1, 0.15) is 119 Å². The molecule has 2 saturated heterocycles. The molecule has 662 valence electrons. The summed E-state index contributed by atoms with van der Waals surface area (Å²) in [5, 5.41) is 48.7. The summed E-state index contributed by atoms with van der Waals surface area (Å²) >= 11 is 0. The predicted octanol–water partition coefficient (Wildman–Crippen LogP) is 0.459. The lowest BCUT2D eigenvalue weighted by atomic mass is 9.91. The molecule has 0 aliphatic carbocycles. The van der Waals surface area contributed by atoms with Crippen molar-refractivity contribution in [1.82, 2.24) is 88.5 Å². The van der Waals surface area contributed by atoms with Crippen molar-refractivity contribution in [2.75, 3.05) is 64.9 Å². The minimum absolute atomic E-state index is 0.0806. The molecule has 15 amide bonds. The lowest BCUT2D eigenvalue weighted by molar-refractivity contribution is -0.266. The maximum atomic E-state index is 14.8. The molecule has 0 unspecified atom stereocenters. The Labute approximate surface area is 722 Å². The monoisotopic (exact) mass is 1740 g/mol. The molecule has 4 aliphatic heterocycles. The molecule has 2 aromatic heterocycles. The highest BCUT2D eigenvalue weighted by atomic mass is 33.1. The fourth-order valence-corrected chi connectivity index (χ4v) is 18.5. The molecule has 39 heteroatoms. The number of hydrogen-bond acceptors (Lipinski definition) is 20. The number of para-hydroxylation sites is 2.